The topological polar surface area (TPSA) is 41.1 Å². The molecule has 2 amide bonds. The first-order valence-corrected chi connectivity index (χ1v) is 7.20. The number of amides is 2. The van der Waals surface area contributed by atoms with Gasteiger partial charge in [-0.15, -0.1) is 0 Å². The van der Waals surface area contributed by atoms with Crippen molar-refractivity contribution in [2.45, 2.75) is 20.4 Å². The first-order valence-electron chi connectivity index (χ1n) is 6.41. The molecule has 2 aromatic carbocycles. The highest BCUT2D eigenvalue weighted by atomic mass is 79.9. The van der Waals surface area contributed by atoms with Gasteiger partial charge in [0.25, 0.3) is 0 Å². The summed E-state index contributed by atoms with van der Waals surface area (Å²) in [7, 11) is 0. The lowest BCUT2D eigenvalue weighted by Crippen LogP contribution is -2.28. The van der Waals surface area contributed by atoms with Crippen molar-refractivity contribution in [3.8, 4) is 0 Å². The lowest BCUT2D eigenvalue weighted by atomic mass is 10.1. The Labute approximate surface area is 127 Å². The van der Waals surface area contributed by atoms with E-state index in [0.717, 1.165) is 21.3 Å². The van der Waals surface area contributed by atoms with E-state index in [9.17, 15) is 4.79 Å². The molecular formula is C16H17BrN2O. The number of hydrogen-bond donors (Lipinski definition) is 2. The third-order valence-corrected chi connectivity index (χ3v) is 3.60. The van der Waals surface area contributed by atoms with E-state index in [1.807, 2.05) is 56.3 Å². The second-order valence-corrected chi connectivity index (χ2v) is 5.65. The third-order valence-electron chi connectivity index (χ3n) is 3.11. The minimum absolute atomic E-state index is 0.201. The van der Waals surface area contributed by atoms with Crippen LogP contribution in [-0.4, -0.2) is 6.03 Å². The number of hydrogen-bond acceptors (Lipinski definition) is 1. The van der Waals surface area contributed by atoms with Crippen LogP contribution in [0.15, 0.2) is 46.9 Å². The molecule has 0 fully saturated rings. The van der Waals surface area contributed by atoms with Crippen molar-refractivity contribution in [2.24, 2.45) is 0 Å². The van der Waals surface area contributed by atoms with Crippen molar-refractivity contribution in [3.05, 3.63) is 63.6 Å². The molecule has 0 saturated heterocycles. The highest BCUT2D eigenvalue weighted by molar-refractivity contribution is 9.10. The summed E-state index contributed by atoms with van der Waals surface area (Å²) >= 11 is 3.41. The van der Waals surface area contributed by atoms with Gasteiger partial charge in [-0.25, -0.2) is 4.79 Å². The van der Waals surface area contributed by atoms with Gasteiger partial charge in [0, 0.05) is 16.7 Å². The summed E-state index contributed by atoms with van der Waals surface area (Å²) in [5.74, 6) is 0. The number of rotatable bonds is 3. The van der Waals surface area contributed by atoms with E-state index in [1.165, 1.54) is 5.56 Å². The molecule has 0 radical (unpaired) electrons. The molecule has 0 aliphatic carbocycles. The predicted molar refractivity (Wildman–Crippen MR) is 85.9 cm³/mol. The van der Waals surface area contributed by atoms with E-state index in [2.05, 4.69) is 26.6 Å². The fourth-order valence-electron chi connectivity index (χ4n) is 1.82. The van der Waals surface area contributed by atoms with Crippen LogP contribution in [0.1, 0.15) is 16.7 Å². The van der Waals surface area contributed by atoms with Gasteiger partial charge in [-0.3, -0.25) is 0 Å². The fraction of sp³-hybridized carbons (Fsp3) is 0.188. The van der Waals surface area contributed by atoms with Crippen LogP contribution in [0.25, 0.3) is 0 Å². The van der Waals surface area contributed by atoms with Crippen LogP contribution in [0.5, 0.6) is 0 Å². The Kier molecular flexibility index (Phi) is 4.79. The van der Waals surface area contributed by atoms with Crippen LogP contribution in [0, 0.1) is 13.8 Å². The maximum atomic E-state index is 11.8. The Bertz CT molecular complexity index is 626. The summed E-state index contributed by atoms with van der Waals surface area (Å²) in [6.45, 7) is 4.57. The van der Waals surface area contributed by atoms with Gasteiger partial charge in [-0.2, -0.15) is 0 Å². The van der Waals surface area contributed by atoms with Gasteiger partial charge in [0.1, 0.15) is 0 Å². The molecule has 0 heterocycles. The van der Waals surface area contributed by atoms with Gasteiger partial charge in [0.2, 0.25) is 0 Å². The zero-order valence-electron chi connectivity index (χ0n) is 11.5. The third kappa shape index (κ3) is 4.10. The minimum atomic E-state index is -0.201. The molecule has 3 nitrogen and oxygen atoms in total. The SMILES string of the molecule is Cc1ccc(NC(=O)NCc2cccc(Br)c2)cc1C. The van der Waals surface area contributed by atoms with Gasteiger partial charge in [-0.05, 0) is 54.8 Å². The monoisotopic (exact) mass is 332 g/mol. The molecular weight excluding hydrogens is 316 g/mol. The highest BCUT2D eigenvalue weighted by Crippen LogP contribution is 2.14. The second kappa shape index (κ2) is 6.57. The summed E-state index contributed by atoms with van der Waals surface area (Å²) in [5.41, 5.74) is 4.23. The van der Waals surface area contributed by atoms with Crippen molar-refractivity contribution in [1.82, 2.24) is 5.32 Å². The van der Waals surface area contributed by atoms with Crippen LogP contribution in [0.3, 0.4) is 0 Å². The van der Waals surface area contributed by atoms with Crippen molar-refractivity contribution < 1.29 is 4.79 Å². The van der Waals surface area contributed by atoms with Gasteiger partial charge in [0.15, 0.2) is 0 Å². The average Bonchev–Trinajstić information content (AvgIpc) is 2.41. The van der Waals surface area contributed by atoms with E-state index in [4.69, 9.17) is 0 Å². The molecule has 20 heavy (non-hydrogen) atoms. The second-order valence-electron chi connectivity index (χ2n) is 4.74. The number of benzene rings is 2. The molecule has 0 unspecified atom stereocenters. The molecule has 0 spiro atoms. The summed E-state index contributed by atoms with van der Waals surface area (Å²) in [4.78, 5) is 11.8. The number of halogens is 1. The molecule has 2 rings (SSSR count). The molecule has 0 atom stereocenters. The van der Waals surface area contributed by atoms with Crippen LogP contribution >= 0.6 is 15.9 Å². The summed E-state index contributed by atoms with van der Waals surface area (Å²) < 4.78 is 1.01. The van der Waals surface area contributed by atoms with E-state index in [1.54, 1.807) is 0 Å². The van der Waals surface area contributed by atoms with Crippen LogP contribution in [0.4, 0.5) is 10.5 Å². The van der Waals surface area contributed by atoms with Crippen LogP contribution in [0.2, 0.25) is 0 Å². The molecule has 4 heteroatoms. The molecule has 104 valence electrons. The van der Waals surface area contributed by atoms with E-state index in [0.29, 0.717) is 6.54 Å². The largest absolute Gasteiger partial charge is 0.334 e. The summed E-state index contributed by atoms with van der Waals surface area (Å²) in [5, 5.41) is 5.67. The quantitative estimate of drug-likeness (QED) is 0.859. The highest BCUT2D eigenvalue weighted by Gasteiger charge is 2.03. The van der Waals surface area contributed by atoms with Gasteiger partial charge in [0.05, 0.1) is 0 Å². The maximum absolute atomic E-state index is 11.8. The molecule has 0 aliphatic rings. The van der Waals surface area contributed by atoms with Gasteiger partial charge >= 0.3 is 6.03 Å². The van der Waals surface area contributed by atoms with Crippen LogP contribution < -0.4 is 10.6 Å². The predicted octanol–water partition coefficient (Wildman–Crippen LogP) is 4.39. The Morgan fingerprint density at radius 3 is 2.60 bits per heavy atom. The first-order chi connectivity index (χ1) is 9.54. The Balaban J connectivity index is 1.91. The Morgan fingerprint density at radius 2 is 1.90 bits per heavy atom. The minimum Gasteiger partial charge on any atom is -0.334 e. The number of carbonyl (C=O) groups excluding carboxylic acids is 1. The van der Waals surface area contributed by atoms with E-state index < -0.39 is 0 Å². The van der Waals surface area contributed by atoms with Gasteiger partial charge in [-0.1, -0.05) is 34.1 Å². The molecule has 2 N–H and O–H groups in total. The summed E-state index contributed by atoms with van der Waals surface area (Å²) in [6, 6.07) is 13.5. The standard InChI is InChI=1S/C16H17BrN2O/c1-11-6-7-15(8-12(11)2)19-16(20)18-10-13-4-3-5-14(17)9-13/h3-9H,10H2,1-2H3,(H2,18,19,20). The number of aryl methyl sites for hydroxylation is 2. The Morgan fingerprint density at radius 1 is 1.10 bits per heavy atom. The number of carbonyl (C=O) groups is 1. The maximum Gasteiger partial charge on any atom is 0.319 e. The van der Waals surface area contributed by atoms with Gasteiger partial charge < -0.3 is 10.6 Å². The van der Waals surface area contributed by atoms with E-state index in [-0.39, 0.29) is 6.03 Å². The lowest BCUT2D eigenvalue weighted by Gasteiger charge is -2.09. The number of anilines is 1. The summed E-state index contributed by atoms with van der Waals surface area (Å²) in [6.07, 6.45) is 0. The normalized spacial score (nSPS) is 10.2. The van der Waals surface area contributed by atoms with E-state index >= 15 is 0 Å². The molecule has 2 aromatic rings. The lowest BCUT2D eigenvalue weighted by molar-refractivity contribution is 0.251. The smallest absolute Gasteiger partial charge is 0.319 e. The number of nitrogens with one attached hydrogen (secondary N) is 2. The number of urea groups is 1. The molecule has 0 bridgehead atoms. The van der Waals surface area contributed by atoms with Crippen molar-refractivity contribution >= 4 is 27.6 Å². The average molecular weight is 333 g/mol. The van der Waals surface area contributed by atoms with Crippen LogP contribution in [-0.2, 0) is 6.54 Å². The van der Waals surface area contributed by atoms with Crippen molar-refractivity contribution in [2.75, 3.05) is 5.32 Å². The van der Waals surface area contributed by atoms with Crippen molar-refractivity contribution in [3.63, 3.8) is 0 Å². The fourth-order valence-corrected chi connectivity index (χ4v) is 2.27. The Hall–Kier alpha value is -1.81. The molecule has 0 aromatic heterocycles. The zero-order chi connectivity index (χ0) is 14.5. The zero-order valence-corrected chi connectivity index (χ0v) is 13.1. The van der Waals surface area contributed by atoms with Crippen molar-refractivity contribution in [1.29, 1.82) is 0 Å². The molecule has 0 aliphatic heterocycles. The molecule has 0 saturated carbocycles. The first kappa shape index (κ1) is 14.6.